The molecule has 1 aliphatic heterocycles. The van der Waals surface area contributed by atoms with Gasteiger partial charge in [-0.3, -0.25) is 4.79 Å². The van der Waals surface area contributed by atoms with Gasteiger partial charge < -0.3 is 9.80 Å². The Hall–Kier alpha value is -4.04. The Kier molecular flexibility index (Phi) is 6.40. The number of piperazine rings is 1. The van der Waals surface area contributed by atoms with E-state index in [0.717, 1.165) is 38.4 Å². The number of hydrogen-bond acceptors (Lipinski definition) is 5. The van der Waals surface area contributed by atoms with Crippen molar-refractivity contribution in [1.82, 2.24) is 24.6 Å². The first-order valence-corrected chi connectivity index (χ1v) is 13.1. The Balaban J connectivity index is 1.32. The van der Waals surface area contributed by atoms with Crippen LogP contribution in [0.3, 0.4) is 0 Å². The average Bonchev–Trinajstić information content (AvgIpc) is 3.38. The summed E-state index contributed by atoms with van der Waals surface area (Å²) in [6, 6.07) is 27.8. The van der Waals surface area contributed by atoms with Crippen LogP contribution in [0.1, 0.15) is 21.7 Å². The minimum atomic E-state index is 0.0571. The minimum absolute atomic E-state index is 0.0571. The van der Waals surface area contributed by atoms with Crippen LogP contribution >= 0.6 is 15.9 Å². The lowest BCUT2D eigenvalue weighted by Gasteiger charge is -2.35. The molecule has 184 valence electrons. The molecule has 0 bridgehead atoms. The van der Waals surface area contributed by atoms with E-state index in [1.165, 1.54) is 0 Å². The van der Waals surface area contributed by atoms with Gasteiger partial charge in [-0.1, -0.05) is 64.5 Å². The lowest BCUT2D eigenvalue weighted by molar-refractivity contribution is 0.0746. The van der Waals surface area contributed by atoms with E-state index in [-0.39, 0.29) is 5.91 Å². The third kappa shape index (κ3) is 4.84. The number of rotatable bonds is 5. The van der Waals surface area contributed by atoms with E-state index in [4.69, 9.17) is 9.97 Å². The molecule has 1 saturated heterocycles. The van der Waals surface area contributed by atoms with E-state index in [1.807, 2.05) is 88.6 Å². The van der Waals surface area contributed by atoms with Gasteiger partial charge >= 0.3 is 0 Å². The average molecular weight is 553 g/mol. The summed E-state index contributed by atoms with van der Waals surface area (Å²) in [4.78, 5) is 27.2. The highest BCUT2D eigenvalue weighted by Gasteiger charge is 2.26. The van der Waals surface area contributed by atoms with Gasteiger partial charge in [-0.2, -0.15) is 5.10 Å². The second-order valence-electron chi connectivity index (χ2n) is 9.04. The number of fused-ring (bicyclic) bond motifs is 1. The first-order chi connectivity index (χ1) is 18.2. The van der Waals surface area contributed by atoms with Crippen LogP contribution in [0.4, 0.5) is 5.82 Å². The van der Waals surface area contributed by atoms with Gasteiger partial charge in [0.1, 0.15) is 11.6 Å². The molecule has 0 radical (unpaired) electrons. The maximum atomic E-state index is 13.0. The largest absolute Gasteiger partial charge is 0.352 e. The van der Waals surface area contributed by atoms with Gasteiger partial charge in [-0.05, 0) is 42.0 Å². The summed E-state index contributed by atoms with van der Waals surface area (Å²) >= 11 is 3.44. The maximum Gasteiger partial charge on any atom is 0.253 e. The van der Waals surface area contributed by atoms with Gasteiger partial charge in [0.15, 0.2) is 5.65 Å². The van der Waals surface area contributed by atoms with E-state index in [9.17, 15) is 4.79 Å². The van der Waals surface area contributed by atoms with E-state index < -0.39 is 0 Å². The van der Waals surface area contributed by atoms with E-state index >= 15 is 0 Å². The van der Waals surface area contributed by atoms with E-state index in [1.54, 1.807) is 0 Å². The predicted octanol–water partition coefficient (Wildman–Crippen LogP) is 5.13. The minimum Gasteiger partial charge on any atom is -0.352 e. The fourth-order valence-corrected chi connectivity index (χ4v) is 4.95. The van der Waals surface area contributed by atoms with Gasteiger partial charge in [0.2, 0.25) is 0 Å². The molecule has 5 aromatic rings. The first-order valence-electron chi connectivity index (χ1n) is 12.3. The summed E-state index contributed by atoms with van der Waals surface area (Å²) in [6.07, 6.45) is 2.48. The Morgan fingerprint density at radius 3 is 2.19 bits per heavy atom. The van der Waals surface area contributed by atoms with Crippen molar-refractivity contribution in [1.29, 1.82) is 0 Å². The fourth-order valence-electron chi connectivity index (χ4n) is 4.69. The highest BCUT2D eigenvalue weighted by Crippen LogP contribution is 2.28. The third-order valence-corrected chi connectivity index (χ3v) is 7.15. The number of carbonyl (C=O) groups is 1. The molecule has 0 aliphatic carbocycles. The van der Waals surface area contributed by atoms with Crippen LogP contribution < -0.4 is 4.90 Å². The molecular weight excluding hydrogens is 528 g/mol. The van der Waals surface area contributed by atoms with Crippen molar-refractivity contribution < 1.29 is 4.79 Å². The highest BCUT2D eigenvalue weighted by atomic mass is 79.9. The normalized spacial score (nSPS) is 13.8. The summed E-state index contributed by atoms with van der Waals surface area (Å²) < 4.78 is 2.84. The van der Waals surface area contributed by atoms with E-state index in [0.29, 0.717) is 38.2 Å². The van der Waals surface area contributed by atoms with Crippen molar-refractivity contribution in [2.45, 2.75) is 6.42 Å². The lowest BCUT2D eigenvalue weighted by Crippen LogP contribution is -2.49. The molecule has 1 aliphatic rings. The van der Waals surface area contributed by atoms with Crippen LogP contribution in [0, 0.1) is 0 Å². The number of aromatic nitrogens is 4. The Morgan fingerprint density at radius 2 is 1.49 bits per heavy atom. The molecule has 0 spiro atoms. The quantitative estimate of drug-likeness (QED) is 0.302. The number of halogens is 1. The van der Waals surface area contributed by atoms with Gasteiger partial charge in [-0.25, -0.2) is 14.6 Å². The van der Waals surface area contributed by atoms with Crippen molar-refractivity contribution in [2.24, 2.45) is 0 Å². The third-order valence-electron chi connectivity index (χ3n) is 6.62. The van der Waals surface area contributed by atoms with Crippen LogP contribution in [0.5, 0.6) is 0 Å². The lowest BCUT2D eigenvalue weighted by atomic mass is 10.1. The Morgan fingerprint density at radius 1 is 0.811 bits per heavy atom. The smallest absolute Gasteiger partial charge is 0.253 e. The summed E-state index contributed by atoms with van der Waals surface area (Å²) in [7, 11) is 0. The van der Waals surface area contributed by atoms with Crippen LogP contribution in [0.25, 0.3) is 16.7 Å². The van der Waals surface area contributed by atoms with Crippen LogP contribution in [-0.4, -0.2) is 56.7 Å². The van der Waals surface area contributed by atoms with Gasteiger partial charge in [-0.15, -0.1) is 0 Å². The Labute approximate surface area is 223 Å². The molecule has 1 fully saturated rings. The number of benzene rings is 3. The molecule has 0 atom stereocenters. The molecule has 8 heteroatoms. The maximum absolute atomic E-state index is 13.0. The zero-order valence-corrected chi connectivity index (χ0v) is 21.8. The molecule has 37 heavy (non-hydrogen) atoms. The number of para-hydroxylation sites is 1. The van der Waals surface area contributed by atoms with Crippen molar-refractivity contribution >= 4 is 38.7 Å². The zero-order valence-electron chi connectivity index (χ0n) is 20.2. The Bertz CT molecular complexity index is 1530. The highest BCUT2D eigenvalue weighted by molar-refractivity contribution is 9.10. The molecule has 0 saturated carbocycles. The van der Waals surface area contributed by atoms with Gasteiger partial charge in [0, 0.05) is 42.6 Å². The summed E-state index contributed by atoms with van der Waals surface area (Å²) in [5.41, 5.74) is 3.60. The van der Waals surface area contributed by atoms with Gasteiger partial charge in [0.25, 0.3) is 5.91 Å². The topological polar surface area (TPSA) is 67.2 Å². The van der Waals surface area contributed by atoms with Crippen LogP contribution in [0.15, 0.2) is 95.6 Å². The first kappa shape index (κ1) is 23.4. The summed E-state index contributed by atoms with van der Waals surface area (Å²) in [5, 5.41) is 5.59. The van der Waals surface area contributed by atoms with Crippen LogP contribution in [0.2, 0.25) is 0 Å². The molecular formula is C29H25BrN6O. The zero-order chi connectivity index (χ0) is 25.2. The van der Waals surface area contributed by atoms with Gasteiger partial charge in [0.05, 0.1) is 17.3 Å². The number of amides is 1. The summed E-state index contributed by atoms with van der Waals surface area (Å²) in [5.74, 6) is 1.68. The molecule has 0 unspecified atom stereocenters. The van der Waals surface area contributed by atoms with Crippen molar-refractivity contribution in [3.63, 3.8) is 0 Å². The molecule has 0 N–H and O–H groups in total. The standard InChI is InChI=1S/C29H25BrN6O/c30-23-13-11-22(12-14-23)29(37)35-17-15-34(16-18-35)27-25-20-31-36(24-9-5-2-6-10-24)28(25)33-26(32-27)19-21-7-3-1-4-8-21/h1-14,20H,15-19H2. The van der Waals surface area contributed by atoms with Crippen molar-refractivity contribution in [3.05, 3.63) is 113 Å². The molecule has 3 heterocycles. The van der Waals surface area contributed by atoms with E-state index in [2.05, 4.69) is 38.1 Å². The number of nitrogens with zero attached hydrogens (tertiary/aromatic N) is 6. The summed E-state index contributed by atoms with van der Waals surface area (Å²) in [6.45, 7) is 2.63. The number of carbonyl (C=O) groups excluding carboxylic acids is 1. The van der Waals surface area contributed by atoms with Crippen molar-refractivity contribution in [2.75, 3.05) is 31.1 Å². The molecule has 6 rings (SSSR count). The monoisotopic (exact) mass is 552 g/mol. The molecule has 7 nitrogen and oxygen atoms in total. The molecule has 2 aromatic heterocycles. The number of anilines is 1. The molecule has 3 aromatic carbocycles. The second-order valence-corrected chi connectivity index (χ2v) is 9.96. The van der Waals surface area contributed by atoms with Crippen LogP contribution in [-0.2, 0) is 6.42 Å². The fraction of sp³-hybridized carbons (Fsp3) is 0.172. The SMILES string of the molecule is O=C(c1ccc(Br)cc1)N1CCN(c2nc(Cc3ccccc3)nc3c2cnn3-c2ccccc2)CC1. The number of hydrogen-bond donors (Lipinski definition) is 0. The predicted molar refractivity (Wildman–Crippen MR) is 148 cm³/mol. The second kappa shape index (κ2) is 10.1. The molecule has 1 amide bonds. The van der Waals surface area contributed by atoms with Crippen molar-refractivity contribution in [3.8, 4) is 5.69 Å².